The van der Waals surface area contributed by atoms with E-state index >= 15 is 0 Å². The van der Waals surface area contributed by atoms with Crippen LogP contribution in [-0.4, -0.2) is 69.3 Å². The molecule has 0 spiro atoms. The van der Waals surface area contributed by atoms with Crippen molar-refractivity contribution in [2.24, 2.45) is 5.92 Å². The zero-order valence-electron chi connectivity index (χ0n) is 15.8. The van der Waals surface area contributed by atoms with Gasteiger partial charge in [0.05, 0.1) is 13.2 Å². The highest BCUT2D eigenvalue weighted by Gasteiger charge is 2.27. The van der Waals surface area contributed by atoms with E-state index in [0.717, 1.165) is 44.8 Å². The van der Waals surface area contributed by atoms with E-state index in [2.05, 4.69) is 44.7 Å². The van der Waals surface area contributed by atoms with Crippen LogP contribution < -0.4 is 0 Å². The third-order valence-electron chi connectivity index (χ3n) is 5.51. The Balaban J connectivity index is 1.35. The third-order valence-corrected chi connectivity index (χ3v) is 5.51. The third kappa shape index (κ3) is 4.17. The summed E-state index contributed by atoms with van der Waals surface area (Å²) in [5.74, 6) is 1.25. The molecule has 1 unspecified atom stereocenters. The first-order valence-electron chi connectivity index (χ1n) is 9.54. The number of benzene rings is 1. The number of aromatic nitrogens is 4. The first-order valence-corrected chi connectivity index (χ1v) is 9.54. The molecule has 1 amide bonds. The van der Waals surface area contributed by atoms with Gasteiger partial charge in [-0.25, -0.2) is 4.68 Å². The molecule has 0 bridgehead atoms. The van der Waals surface area contributed by atoms with Gasteiger partial charge < -0.3 is 9.64 Å². The maximum absolute atomic E-state index is 12.6. The van der Waals surface area contributed by atoms with Crippen molar-refractivity contribution >= 4 is 5.91 Å². The smallest absolute Gasteiger partial charge is 0.244 e. The Hall–Kier alpha value is -2.32. The van der Waals surface area contributed by atoms with Crippen molar-refractivity contribution in [1.82, 2.24) is 30.0 Å². The first kappa shape index (κ1) is 18.1. The average molecular weight is 370 g/mol. The van der Waals surface area contributed by atoms with Gasteiger partial charge in [0.1, 0.15) is 6.54 Å². The van der Waals surface area contributed by atoms with Crippen LogP contribution in [0, 0.1) is 5.92 Å². The van der Waals surface area contributed by atoms with Crippen LogP contribution in [0.25, 0.3) is 0 Å². The van der Waals surface area contributed by atoms with E-state index in [1.54, 1.807) is 11.8 Å². The minimum absolute atomic E-state index is 0.0751. The molecular formula is C19H26N6O2. The van der Waals surface area contributed by atoms with E-state index < -0.39 is 0 Å². The van der Waals surface area contributed by atoms with Crippen molar-refractivity contribution in [1.29, 1.82) is 0 Å². The number of nitrogens with zero attached hydrogens (tertiary/aromatic N) is 6. The Morgan fingerprint density at radius 2 is 2.11 bits per heavy atom. The second kappa shape index (κ2) is 8.14. The van der Waals surface area contributed by atoms with Crippen molar-refractivity contribution in [3.8, 4) is 0 Å². The number of carbonyl (C=O) groups excluding carboxylic acids is 1. The molecule has 1 fully saturated rings. The molecule has 144 valence electrons. The minimum Gasteiger partial charge on any atom is -0.384 e. The molecule has 3 heterocycles. The van der Waals surface area contributed by atoms with Gasteiger partial charge in [0.2, 0.25) is 5.91 Å². The van der Waals surface area contributed by atoms with Crippen molar-refractivity contribution in [2.75, 3.05) is 33.4 Å². The van der Waals surface area contributed by atoms with E-state index in [1.807, 2.05) is 4.90 Å². The zero-order chi connectivity index (χ0) is 18.6. The summed E-state index contributed by atoms with van der Waals surface area (Å²) in [4.78, 5) is 16.9. The quantitative estimate of drug-likeness (QED) is 0.746. The molecule has 27 heavy (non-hydrogen) atoms. The maximum atomic E-state index is 12.6. The predicted octanol–water partition coefficient (Wildman–Crippen LogP) is 0.726. The summed E-state index contributed by atoms with van der Waals surface area (Å²) in [7, 11) is 1.71. The van der Waals surface area contributed by atoms with Crippen LogP contribution in [0.4, 0.5) is 0 Å². The molecule has 1 aromatic heterocycles. The van der Waals surface area contributed by atoms with Crippen molar-refractivity contribution in [3.05, 3.63) is 41.2 Å². The van der Waals surface area contributed by atoms with Gasteiger partial charge in [0.25, 0.3) is 0 Å². The summed E-state index contributed by atoms with van der Waals surface area (Å²) >= 11 is 0. The van der Waals surface area contributed by atoms with Crippen molar-refractivity contribution in [3.63, 3.8) is 0 Å². The second-order valence-corrected chi connectivity index (χ2v) is 7.43. The molecular weight excluding hydrogens is 344 g/mol. The minimum atomic E-state index is 0.0751. The number of hydrogen-bond donors (Lipinski definition) is 0. The van der Waals surface area contributed by atoms with Crippen LogP contribution in [0.2, 0.25) is 0 Å². The standard InChI is InChI=1S/C19H26N6O2/c1-27-14-15-6-9-24(10-15)19(26)13-25-18(20-21-22-25)12-23-8-7-16-4-2-3-5-17(16)11-23/h2-5,15H,6-14H2,1H3. The molecule has 4 rings (SSSR count). The number of fused-ring (bicyclic) bond motifs is 1. The lowest BCUT2D eigenvalue weighted by Gasteiger charge is -2.28. The molecule has 1 aromatic carbocycles. The Morgan fingerprint density at radius 1 is 1.26 bits per heavy atom. The van der Waals surface area contributed by atoms with E-state index in [4.69, 9.17) is 4.74 Å². The fraction of sp³-hybridized carbons (Fsp3) is 0.579. The van der Waals surface area contributed by atoms with Gasteiger partial charge in [0, 0.05) is 39.2 Å². The number of hydrogen-bond acceptors (Lipinski definition) is 6. The summed E-state index contributed by atoms with van der Waals surface area (Å²) in [5, 5.41) is 12.0. The molecule has 8 nitrogen and oxygen atoms in total. The van der Waals surface area contributed by atoms with Crippen LogP contribution in [0.5, 0.6) is 0 Å². The van der Waals surface area contributed by atoms with Crippen LogP contribution in [0.3, 0.4) is 0 Å². The molecule has 1 saturated heterocycles. The van der Waals surface area contributed by atoms with E-state index in [-0.39, 0.29) is 12.5 Å². The number of methoxy groups -OCH3 is 1. The number of ether oxygens (including phenoxy) is 1. The highest BCUT2D eigenvalue weighted by atomic mass is 16.5. The fourth-order valence-corrected chi connectivity index (χ4v) is 4.01. The number of amides is 1. The zero-order valence-corrected chi connectivity index (χ0v) is 15.8. The maximum Gasteiger partial charge on any atom is 0.244 e. The Bertz CT molecular complexity index is 792. The first-order chi connectivity index (χ1) is 13.2. The summed E-state index contributed by atoms with van der Waals surface area (Å²) in [6.45, 7) is 4.97. The molecule has 2 aliphatic rings. The van der Waals surface area contributed by atoms with Gasteiger partial charge in [0.15, 0.2) is 5.82 Å². The monoisotopic (exact) mass is 370 g/mol. The van der Waals surface area contributed by atoms with Crippen LogP contribution in [0.1, 0.15) is 23.4 Å². The summed E-state index contributed by atoms with van der Waals surface area (Å²) in [6.07, 6.45) is 2.03. The molecule has 0 aliphatic carbocycles. The highest BCUT2D eigenvalue weighted by Crippen LogP contribution is 2.20. The second-order valence-electron chi connectivity index (χ2n) is 7.43. The molecule has 0 radical (unpaired) electrons. The van der Waals surface area contributed by atoms with Crippen LogP contribution in [-0.2, 0) is 35.6 Å². The molecule has 0 N–H and O–H groups in total. The molecule has 2 aliphatic heterocycles. The van der Waals surface area contributed by atoms with E-state index in [0.29, 0.717) is 19.1 Å². The average Bonchev–Trinajstić information content (AvgIpc) is 3.32. The topological polar surface area (TPSA) is 76.4 Å². The summed E-state index contributed by atoms with van der Waals surface area (Å²) in [6, 6.07) is 8.55. The molecule has 1 atom stereocenters. The SMILES string of the molecule is COCC1CCN(C(=O)Cn2nnnc2CN2CCc3ccccc3C2)C1. The van der Waals surface area contributed by atoms with Gasteiger partial charge in [-0.1, -0.05) is 24.3 Å². The van der Waals surface area contributed by atoms with Gasteiger partial charge in [-0.15, -0.1) is 5.10 Å². The molecule has 0 saturated carbocycles. The van der Waals surface area contributed by atoms with Gasteiger partial charge in [-0.05, 0) is 34.4 Å². The normalized spacial score (nSPS) is 20.0. The number of rotatable bonds is 6. The summed E-state index contributed by atoms with van der Waals surface area (Å²) < 4.78 is 6.85. The Kier molecular flexibility index (Phi) is 5.45. The Labute approximate surface area is 159 Å². The molecule has 8 heteroatoms. The van der Waals surface area contributed by atoms with Gasteiger partial charge in [-0.2, -0.15) is 0 Å². The lowest BCUT2D eigenvalue weighted by atomic mass is 10.00. The molecule has 2 aromatic rings. The number of tetrazole rings is 1. The van der Waals surface area contributed by atoms with Crippen LogP contribution >= 0.6 is 0 Å². The summed E-state index contributed by atoms with van der Waals surface area (Å²) in [5.41, 5.74) is 2.78. The van der Waals surface area contributed by atoms with Crippen LogP contribution in [0.15, 0.2) is 24.3 Å². The predicted molar refractivity (Wildman–Crippen MR) is 98.6 cm³/mol. The van der Waals surface area contributed by atoms with Gasteiger partial charge >= 0.3 is 0 Å². The van der Waals surface area contributed by atoms with E-state index in [1.165, 1.54) is 11.1 Å². The van der Waals surface area contributed by atoms with Crippen molar-refractivity contribution in [2.45, 2.75) is 32.5 Å². The number of likely N-dealkylation sites (tertiary alicyclic amines) is 1. The largest absolute Gasteiger partial charge is 0.384 e. The lowest BCUT2D eigenvalue weighted by molar-refractivity contribution is -0.131. The van der Waals surface area contributed by atoms with E-state index in [9.17, 15) is 4.79 Å². The fourth-order valence-electron chi connectivity index (χ4n) is 4.01. The Morgan fingerprint density at radius 3 is 2.96 bits per heavy atom. The number of carbonyl (C=O) groups is 1. The van der Waals surface area contributed by atoms with Crippen molar-refractivity contribution < 1.29 is 9.53 Å². The lowest BCUT2D eigenvalue weighted by Crippen LogP contribution is -2.34. The highest BCUT2D eigenvalue weighted by molar-refractivity contribution is 5.76. The van der Waals surface area contributed by atoms with Gasteiger partial charge in [-0.3, -0.25) is 9.69 Å².